The number of hydrogen-bond donors (Lipinski definition) is 3. The third-order valence-electron chi connectivity index (χ3n) is 4.73. The van der Waals surface area contributed by atoms with Gasteiger partial charge in [-0.05, 0) is 25.9 Å². The number of nitrogens with zero attached hydrogens (tertiary/aromatic N) is 5. The molecule has 0 atom stereocenters. The fourth-order valence-corrected chi connectivity index (χ4v) is 3.21. The lowest BCUT2D eigenvalue weighted by Crippen LogP contribution is -2.46. The topological polar surface area (TPSA) is 115 Å². The van der Waals surface area contributed by atoms with Crippen LogP contribution >= 0.6 is 0 Å². The van der Waals surface area contributed by atoms with Crippen molar-refractivity contribution in [2.75, 3.05) is 50.0 Å². The SMILES string of the molecule is [2H]C([2H])([2H])c1nc(C(=O)NC)ccc1N1CCN(Cc2cc(NC(=O)NCC)ncn2)CC1. The van der Waals surface area contributed by atoms with Crippen molar-refractivity contribution in [1.29, 1.82) is 0 Å². The summed E-state index contributed by atoms with van der Waals surface area (Å²) in [6, 6.07) is 4.60. The van der Waals surface area contributed by atoms with Crippen LogP contribution in [0.1, 0.15) is 32.9 Å². The number of carbonyl (C=O) groups excluding carboxylic acids is 2. The van der Waals surface area contributed by atoms with Crippen LogP contribution in [0.4, 0.5) is 16.3 Å². The molecule has 1 aliphatic heterocycles. The van der Waals surface area contributed by atoms with Gasteiger partial charge in [0, 0.05) is 56.5 Å². The van der Waals surface area contributed by atoms with E-state index in [0.29, 0.717) is 50.8 Å². The van der Waals surface area contributed by atoms with E-state index in [1.54, 1.807) is 18.2 Å². The second-order valence-electron chi connectivity index (χ2n) is 6.79. The molecule has 160 valence electrons. The van der Waals surface area contributed by atoms with Gasteiger partial charge < -0.3 is 15.5 Å². The zero-order valence-electron chi connectivity index (χ0n) is 20.1. The molecule has 3 rings (SSSR count). The van der Waals surface area contributed by atoms with Crippen molar-refractivity contribution in [3.63, 3.8) is 0 Å². The molecule has 0 aromatic carbocycles. The van der Waals surface area contributed by atoms with Gasteiger partial charge in [-0.25, -0.2) is 19.7 Å². The van der Waals surface area contributed by atoms with E-state index in [1.165, 1.54) is 13.4 Å². The molecule has 10 heteroatoms. The maximum absolute atomic E-state index is 11.9. The number of carbonyl (C=O) groups is 2. The molecular weight excluding hydrogens is 384 g/mol. The van der Waals surface area contributed by atoms with E-state index in [-0.39, 0.29) is 17.4 Å². The van der Waals surface area contributed by atoms with E-state index >= 15 is 0 Å². The van der Waals surface area contributed by atoms with Gasteiger partial charge in [0.05, 0.1) is 17.1 Å². The molecule has 0 aliphatic carbocycles. The second-order valence-corrected chi connectivity index (χ2v) is 6.79. The summed E-state index contributed by atoms with van der Waals surface area (Å²) in [5.41, 5.74) is 1.28. The van der Waals surface area contributed by atoms with E-state index in [4.69, 9.17) is 4.11 Å². The van der Waals surface area contributed by atoms with Gasteiger partial charge in [-0.15, -0.1) is 0 Å². The van der Waals surface area contributed by atoms with E-state index in [1.807, 2.05) is 11.8 Å². The minimum absolute atomic E-state index is 0.0751. The van der Waals surface area contributed by atoms with Crippen molar-refractivity contribution in [3.05, 3.63) is 41.6 Å². The summed E-state index contributed by atoms with van der Waals surface area (Å²) in [5.74, 6) is -0.00283. The number of pyridine rings is 1. The van der Waals surface area contributed by atoms with E-state index in [2.05, 4.69) is 35.8 Å². The predicted molar refractivity (Wildman–Crippen MR) is 115 cm³/mol. The molecular formula is C20H28N8O2. The van der Waals surface area contributed by atoms with Crippen molar-refractivity contribution < 1.29 is 13.7 Å². The highest BCUT2D eigenvalue weighted by atomic mass is 16.2. The quantitative estimate of drug-likeness (QED) is 0.645. The van der Waals surface area contributed by atoms with Crippen molar-refractivity contribution >= 4 is 23.4 Å². The van der Waals surface area contributed by atoms with E-state index in [9.17, 15) is 9.59 Å². The predicted octanol–water partition coefficient (Wildman–Crippen LogP) is 1.00. The summed E-state index contributed by atoms with van der Waals surface area (Å²) in [4.78, 5) is 40.2. The molecule has 0 unspecified atom stereocenters. The Morgan fingerprint density at radius 2 is 2.00 bits per heavy atom. The Bertz CT molecular complexity index is 994. The van der Waals surface area contributed by atoms with E-state index < -0.39 is 12.8 Å². The van der Waals surface area contributed by atoms with Crippen LogP contribution in [0.2, 0.25) is 0 Å². The summed E-state index contributed by atoms with van der Waals surface area (Å²) in [5, 5.41) is 7.78. The Kier molecular flexibility index (Phi) is 5.84. The lowest BCUT2D eigenvalue weighted by atomic mass is 10.2. The molecule has 0 bridgehead atoms. The fourth-order valence-electron chi connectivity index (χ4n) is 3.21. The Morgan fingerprint density at radius 1 is 1.20 bits per heavy atom. The van der Waals surface area contributed by atoms with Crippen LogP contribution < -0.4 is 20.9 Å². The standard InChI is InChI=1S/C20H28N8O2/c1-4-22-20(30)26-18-11-15(23-13-24-18)12-27-7-9-28(10-8-27)17-6-5-16(19(29)21-3)25-14(17)2/h5-6,11,13H,4,7-10,12H2,1-3H3,(H,21,29)(H2,22,23,24,26,30)/i2D3. The number of piperazine rings is 1. The van der Waals surface area contributed by atoms with Crippen LogP contribution in [0.15, 0.2) is 24.5 Å². The van der Waals surface area contributed by atoms with Crippen LogP contribution in [0, 0.1) is 6.85 Å². The zero-order chi connectivity index (χ0) is 24.0. The molecule has 2 aromatic rings. The monoisotopic (exact) mass is 415 g/mol. The van der Waals surface area contributed by atoms with Crippen molar-refractivity contribution in [2.45, 2.75) is 20.3 Å². The Hall–Kier alpha value is -3.27. The highest BCUT2D eigenvalue weighted by molar-refractivity contribution is 5.92. The number of urea groups is 1. The van der Waals surface area contributed by atoms with Crippen molar-refractivity contribution in [1.82, 2.24) is 30.5 Å². The lowest BCUT2D eigenvalue weighted by Gasteiger charge is -2.36. The summed E-state index contributed by atoms with van der Waals surface area (Å²) in [6.07, 6.45) is 1.41. The van der Waals surface area contributed by atoms with Gasteiger partial charge in [0.1, 0.15) is 17.8 Å². The third kappa shape index (κ3) is 5.41. The highest BCUT2D eigenvalue weighted by Gasteiger charge is 2.20. The van der Waals surface area contributed by atoms with Gasteiger partial charge in [-0.1, -0.05) is 0 Å². The molecule has 0 radical (unpaired) electrons. The van der Waals surface area contributed by atoms with Crippen LogP contribution in [0.3, 0.4) is 0 Å². The first-order valence-electron chi connectivity index (χ1n) is 11.3. The minimum Gasteiger partial charge on any atom is -0.368 e. The number of anilines is 2. The molecule has 10 nitrogen and oxygen atoms in total. The molecule has 1 saturated heterocycles. The third-order valence-corrected chi connectivity index (χ3v) is 4.73. The summed E-state index contributed by atoms with van der Waals surface area (Å²) >= 11 is 0. The lowest BCUT2D eigenvalue weighted by molar-refractivity contribution is 0.0958. The van der Waals surface area contributed by atoms with Crippen LogP contribution in [-0.2, 0) is 6.54 Å². The Morgan fingerprint density at radius 3 is 2.70 bits per heavy atom. The van der Waals surface area contributed by atoms with Crippen molar-refractivity contribution in [3.8, 4) is 0 Å². The molecule has 0 saturated carbocycles. The van der Waals surface area contributed by atoms with Gasteiger partial charge in [0.25, 0.3) is 5.91 Å². The molecule has 3 amide bonds. The highest BCUT2D eigenvalue weighted by Crippen LogP contribution is 2.21. The smallest absolute Gasteiger partial charge is 0.320 e. The molecule has 30 heavy (non-hydrogen) atoms. The maximum atomic E-state index is 11.9. The molecule has 2 aromatic heterocycles. The first-order chi connectivity index (χ1) is 15.7. The van der Waals surface area contributed by atoms with Gasteiger partial charge in [-0.3, -0.25) is 15.0 Å². The number of nitrogens with one attached hydrogen (secondary N) is 3. The summed E-state index contributed by atoms with van der Waals surface area (Å²) in [7, 11) is 1.47. The molecule has 3 N–H and O–H groups in total. The number of rotatable bonds is 6. The number of hydrogen-bond acceptors (Lipinski definition) is 7. The molecule has 3 heterocycles. The zero-order valence-corrected chi connectivity index (χ0v) is 17.1. The molecule has 0 spiro atoms. The first-order valence-corrected chi connectivity index (χ1v) is 9.78. The van der Waals surface area contributed by atoms with Gasteiger partial charge >= 0.3 is 6.03 Å². The van der Waals surface area contributed by atoms with E-state index in [0.717, 1.165) is 5.69 Å². The largest absolute Gasteiger partial charge is 0.368 e. The van der Waals surface area contributed by atoms with Crippen LogP contribution in [0.25, 0.3) is 0 Å². The number of aryl methyl sites for hydroxylation is 1. The molecule has 1 aliphatic rings. The average Bonchev–Trinajstić information content (AvgIpc) is 2.78. The van der Waals surface area contributed by atoms with Crippen LogP contribution in [0.5, 0.6) is 0 Å². The summed E-state index contributed by atoms with van der Waals surface area (Å²) in [6.45, 7) is 3.03. The Labute approximate surface area is 180 Å². The first kappa shape index (κ1) is 17.6. The summed E-state index contributed by atoms with van der Waals surface area (Å²) < 4.78 is 23.6. The van der Waals surface area contributed by atoms with Crippen LogP contribution in [-0.4, -0.2) is 71.6 Å². The minimum atomic E-state index is -2.44. The number of amides is 3. The van der Waals surface area contributed by atoms with Crippen molar-refractivity contribution in [2.24, 2.45) is 0 Å². The maximum Gasteiger partial charge on any atom is 0.320 e. The Balaban J connectivity index is 1.66. The normalized spacial score (nSPS) is 16.2. The number of aromatic nitrogens is 3. The van der Waals surface area contributed by atoms with Gasteiger partial charge in [0.2, 0.25) is 0 Å². The van der Waals surface area contributed by atoms with Gasteiger partial charge in [-0.2, -0.15) is 0 Å². The average molecular weight is 416 g/mol. The van der Waals surface area contributed by atoms with Gasteiger partial charge in [0.15, 0.2) is 0 Å². The molecule has 1 fully saturated rings. The fraction of sp³-hybridized carbons (Fsp3) is 0.450. The second kappa shape index (κ2) is 9.97.